The molecule has 2 rings (SSSR count). The molecule has 0 saturated heterocycles. The lowest BCUT2D eigenvalue weighted by Gasteiger charge is -2.00. The SMILES string of the molecule is Cc1cc(Cc2ccc(CN)cc2)sc1C. The van der Waals surface area contributed by atoms with Crippen LogP contribution in [0.4, 0.5) is 0 Å². The number of hydrogen-bond acceptors (Lipinski definition) is 2. The molecule has 1 nitrogen and oxygen atoms in total. The van der Waals surface area contributed by atoms with Crippen molar-refractivity contribution in [3.05, 3.63) is 56.8 Å². The van der Waals surface area contributed by atoms with Gasteiger partial charge in [0.1, 0.15) is 0 Å². The number of rotatable bonds is 3. The molecule has 0 aliphatic heterocycles. The van der Waals surface area contributed by atoms with Crippen molar-refractivity contribution in [2.75, 3.05) is 0 Å². The van der Waals surface area contributed by atoms with Gasteiger partial charge in [-0.05, 0) is 36.6 Å². The molecule has 0 aliphatic rings. The van der Waals surface area contributed by atoms with Crippen LogP contribution in [0, 0.1) is 13.8 Å². The summed E-state index contributed by atoms with van der Waals surface area (Å²) in [5.74, 6) is 0. The third kappa shape index (κ3) is 2.52. The van der Waals surface area contributed by atoms with Crippen molar-refractivity contribution in [3.63, 3.8) is 0 Å². The summed E-state index contributed by atoms with van der Waals surface area (Å²) in [6.07, 6.45) is 1.03. The van der Waals surface area contributed by atoms with Gasteiger partial charge in [-0.15, -0.1) is 11.3 Å². The number of benzene rings is 1. The van der Waals surface area contributed by atoms with Crippen molar-refractivity contribution in [3.8, 4) is 0 Å². The monoisotopic (exact) mass is 231 g/mol. The fourth-order valence-corrected chi connectivity index (χ4v) is 2.82. The van der Waals surface area contributed by atoms with Crippen LogP contribution in [0.5, 0.6) is 0 Å². The van der Waals surface area contributed by atoms with Crippen molar-refractivity contribution in [1.29, 1.82) is 0 Å². The first-order valence-corrected chi connectivity index (χ1v) is 6.34. The van der Waals surface area contributed by atoms with E-state index in [4.69, 9.17) is 5.73 Å². The van der Waals surface area contributed by atoms with Crippen molar-refractivity contribution in [2.45, 2.75) is 26.8 Å². The lowest BCUT2D eigenvalue weighted by molar-refractivity contribution is 1.06. The Kier molecular flexibility index (Phi) is 3.42. The number of thiophene rings is 1. The van der Waals surface area contributed by atoms with Crippen LogP contribution in [0.2, 0.25) is 0 Å². The Morgan fingerprint density at radius 1 is 1.06 bits per heavy atom. The van der Waals surface area contributed by atoms with Crippen LogP contribution < -0.4 is 5.73 Å². The first-order chi connectivity index (χ1) is 7.69. The third-order valence-corrected chi connectivity index (χ3v) is 4.01. The summed E-state index contributed by atoms with van der Waals surface area (Å²) in [7, 11) is 0. The van der Waals surface area contributed by atoms with Crippen LogP contribution in [0.1, 0.15) is 26.4 Å². The summed E-state index contributed by atoms with van der Waals surface area (Å²) in [4.78, 5) is 2.86. The van der Waals surface area contributed by atoms with E-state index in [2.05, 4.69) is 44.2 Å². The molecule has 0 bridgehead atoms. The predicted octanol–water partition coefficient (Wildman–Crippen LogP) is 3.41. The minimum atomic E-state index is 0.623. The smallest absolute Gasteiger partial charge is 0.0178 e. The maximum atomic E-state index is 5.58. The van der Waals surface area contributed by atoms with Gasteiger partial charge < -0.3 is 5.73 Å². The Bertz CT molecular complexity index is 448. The van der Waals surface area contributed by atoms with Crippen molar-refractivity contribution >= 4 is 11.3 Å². The van der Waals surface area contributed by atoms with Crippen molar-refractivity contribution < 1.29 is 0 Å². The average molecular weight is 231 g/mol. The molecule has 1 aromatic heterocycles. The fourth-order valence-electron chi connectivity index (χ4n) is 1.73. The maximum absolute atomic E-state index is 5.58. The molecular formula is C14H17NS. The Morgan fingerprint density at radius 3 is 2.19 bits per heavy atom. The molecule has 0 radical (unpaired) electrons. The lowest BCUT2D eigenvalue weighted by Crippen LogP contribution is -1.96. The fraction of sp³-hybridized carbons (Fsp3) is 0.286. The van der Waals surface area contributed by atoms with Crippen molar-refractivity contribution in [2.24, 2.45) is 5.73 Å². The zero-order valence-electron chi connectivity index (χ0n) is 9.79. The summed E-state index contributed by atoms with van der Waals surface area (Å²) in [6, 6.07) is 10.9. The molecule has 0 amide bonds. The quantitative estimate of drug-likeness (QED) is 0.860. The van der Waals surface area contributed by atoms with Crippen LogP contribution in [-0.2, 0) is 13.0 Å². The molecule has 1 heterocycles. The van der Waals surface area contributed by atoms with Gasteiger partial charge in [-0.1, -0.05) is 24.3 Å². The molecule has 2 N–H and O–H groups in total. The molecule has 0 atom stereocenters. The zero-order chi connectivity index (χ0) is 11.5. The van der Waals surface area contributed by atoms with Gasteiger partial charge in [0.15, 0.2) is 0 Å². The van der Waals surface area contributed by atoms with Crippen LogP contribution in [0.3, 0.4) is 0 Å². The second-order valence-corrected chi connectivity index (χ2v) is 5.49. The van der Waals surface area contributed by atoms with E-state index in [0.717, 1.165) is 6.42 Å². The largest absolute Gasteiger partial charge is 0.326 e. The molecule has 0 unspecified atom stereocenters. The second-order valence-electron chi connectivity index (χ2n) is 4.15. The molecule has 16 heavy (non-hydrogen) atoms. The summed E-state index contributed by atoms with van der Waals surface area (Å²) in [5.41, 5.74) is 9.54. The Balaban J connectivity index is 2.14. The Labute approximate surface area is 101 Å². The number of nitrogens with two attached hydrogens (primary N) is 1. The van der Waals surface area contributed by atoms with Gasteiger partial charge in [0.25, 0.3) is 0 Å². The highest BCUT2D eigenvalue weighted by Crippen LogP contribution is 2.23. The zero-order valence-corrected chi connectivity index (χ0v) is 10.6. The summed E-state index contributed by atoms with van der Waals surface area (Å²) in [5, 5.41) is 0. The summed E-state index contributed by atoms with van der Waals surface area (Å²) < 4.78 is 0. The van der Waals surface area contributed by atoms with Gasteiger partial charge in [0, 0.05) is 22.7 Å². The molecule has 1 aromatic carbocycles. The standard InChI is InChI=1S/C14H17NS/c1-10-7-14(16-11(10)2)8-12-3-5-13(9-15)6-4-12/h3-7H,8-9,15H2,1-2H3. The molecule has 84 valence electrons. The van der Waals surface area contributed by atoms with Gasteiger partial charge in [-0.3, -0.25) is 0 Å². The minimum Gasteiger partial charge on any atom is -0.326 e. The third-order valence-electron chi connectivity index (χ3n) is 2.85. The average Bonchev–Trinajstić information content (AvgIpc) is 2.59. The molecule has 0 spiro atoms. The normalized spacial score (nSPS) is 10.7. The van der Waals surface area contributed by atoms with Crippen LogP contribution in [0.25, 0.3) is 0 Å². The number of hydrogen-bond donors (Lipinski definition) is 1. The predicted molar refractivity (Wildman–Crippen MR) is 70.9 cm³/mol. The van der Waals surface area contributed by atoms with E-state index in [-0.39, 0.29) is 0 Å². The molecule has 2 heteroatoms. The summed E-state index contributed by atoms with van der Waals surface area (Å²) >= 11 is 1.89. The van der Waals surface area contributed by atoms with Crippen LogP contribution in [0.15, 0.2) is 30.3 Å². The first kappa shape index (κ1) is 11.4. The number of aryl methyl sites for hydroxylation is 2. The van der Waals surface area contributed by atoms with E-state index in [1.165, 1.54) is 26.4 Å². The minimum absolute atomic E-state index is 0.623. The summed E-state index contributed by atoms with van der Waals surface area (Å²) in [6.45, 7) is 4.98. The highest BCUT2D eigenvalue weighted by atomic mass is 32.1. The van der Waals surface area contributed by atoms with Crippen molar-refractivity contribution in [1.82, 2.24) is 0 Å². The topological polar surface area (TPSA) is 26.0 Å². The van der Waals surface area contributed by atoms with E-state index in [0.29, 0.717) is 6.54 Å². The van der Waals surface area contributed by atoms with Gasteiger partial charge in [0.2, 0.25) is 0 Å². The van der Waals surface area contributed by atoms with Gasteiger partial charge in [-0.25, -0.2) is 0 Å². The van der Waals surface area contributed by atoms with Gasteiger partial charge in [-0.2, -0.15) is 0 Å². The van der Waals surface area contributed by atoms with E-state index < -0.39 is 0 Å². The second kappa shape index (κ2) is 4.81. The molecule has 0 fully saturated rings. The molecule has 0 aliphatic carbocycles. The first-order valence-electron chi connectivity index (χ1n) is 5.53. The maximum Gasteiger partial charge on any atom is 0.0178 e. The van der Waals surface area contributed by atoms with Crippen LogP contribution >= 0.6 is 11.3 Å². The lowest BCUT2D eigenvalue weighted by atomic mass is 10.1. The Morgan fingerprint density at radius 2 is 1.69 bits per heavy atom. The van der Waals surface area contributed by atoms with E-state index in [9.17, 15) is 0 Å². The van der Waals surface area contributed by atoms with Gasteiger partial charge in [0.05, 0.1) is 0 Å². The highest BCUT2D eigenvalue weighted by molar-refractivity contribution is 7.12. The highest BCUT2D eigenvalue weighted by Gasteiger charge is 2.02. The van der Waals surface area contributed by atoms with Crippen LogP contribution in [-0.4, -0.2) is 0 Å². The van der Waals surface area contributed by atoms with E-state index in [1.54, 1.807) is 0 Å². The van der Waals surface area contributed by atoms with E-state index in [1.807, 2.05) is 11.3 Å². The Hall–Kier alpha value is -1.12. The molecule has 2 aromatic rings. The van der Waals surface area contributed by atoms with E-state index >= 15 is 0 Å². The molecular weight excluding hydrogens is 214 g/mol. The molecule has 0 saturated carbocycles. The van der Waals surface area contributed by atoms with Gasteiger partial charge >= 0.3 is 0 Å².